The fourth-order valence-corrected chi connectivity index (χ4v) is 1.33. The van der Waals surface area contributed by atoms with E-state index < -0.39 is 0 Å². The number of phenolic OH excluding ortho intramolecular Hbond substituents is 1. The Morgan fingerprint density at radius 3 is 1.73 bits per heavy atom. The molecule has 0 spiro atoms. The molecule has 0 aliphatic carbocycles. The van der Waals surface area contributed by atoms with Gasteiger partial charge in [-0.2, -0.15) is 0 Å². The van der Waals surface area contributed by atoms with E-state index in [0.29, 0.717) is 5.75 Å². The zero-order valence-electron chi connectivity index (χ0n) is 8.72. The topological polar surface area (TPSA) is 46.2 Å². The van der Waals surface area contributed by atoms with Crippen LogP contribution >= 0.6 is 0 Å². The average molecular weight is 209 g/mol. The van der Waals surface area contributed by atoms with Crippen molar-refractivity contribution in [2.75, 3.05) is 5.73 Å². The van der Waals surface area contributed by atoms with Gasteiger partial charge in [0.05, 0.1) is 0 Å². The van der Waals surface area contributed by atoms with E-state index in [1.54, 1.807) is 24.3 Å². The molecular weight excluding hydrogens is 197 g/mol. The first kappa shape index (κ1) is 12.1. The van der Waals surface area contributed by atoms with Crippen molar-refractivity contribution >= 4 is 36.4 Å². The summed E-state index contributed by atoms with van der Waals surface area (Å²) in [6.07, 6.45) is 0. The largest absolute Gasteiger partial charge is 0.508 e. The number of hydrogen-bond donors (Lipinski definition) is 2. The third kappa shape index (κ3) is 5.47. The molecule has 0 saturated heterocycles. The molecule has 0 bridgehead atoms. The number of anilines is 1. The molecule has 2 aromatic rings. The van der Waals surface area contributed by atoms with Crippen LogP contribution in [0.5, 0.6) is 5.75 Å². The quantitative estimate of drug-likeness (QED) is 0.509. The van der Waals surface area contributed by atoms with Crippen LogP contribution in [0.3, 0.4) is 0 Å². The first-order valence-electron chi connectivity index (χ1n) is 4.74. The second-order valence-electron chi connectivity index (χ2n) is 3.25. The van der Waals surface area contributed by atoms with Crippen molar-refractivity contribution in [3.05, 3.63) is 54.6 Å². The maximum absolute atomic E-state index is 8.63. The fourth-order valence-electron chi connectivity index (χ4n) is 0.994. The van der Waals surface area contributed by atoms with Crippen LogP contribution in [-0.2, 0) is 0 Å². The summed E-state index contributed by atoms with van der Waals surface area (Å²) in [5.41, 5.74) is 6.29. The van der Waals surface area contributed by atoms with Gasteiger partial charge in [0.25, 0.3) is 0 Å². The van der Waals surface area contributed by atoms with Crippen LogP contribution in [0.2, 0.25) is 0 Å². The van der Waals surface area contributed by atoms with Gasteiger partial charge in [0.15, 0.2) is 0 Å². The molecule has 0 aromatic heterocycles. The number of rotatable bonds is 0. The number of para-hydroxylation sites is 1. The molecule has 0 atom stereocenters. The van der Waals surface area contributed by atoms with Crippen molar-refractivity contribution in [2.45, 2.75) is 0 Å². The molecule has 0 unspecified atom stereocenters. The van der Waals surface area contributed by atoms with E-state index in [2.05, 4.69) is 12.1 Å². The van der Waals surface area contributed by atoms with E-state index in [9.17, 15) is 0 Å². The molecule has 72 valence electrons. The molecule has 0 radical (unpaired) electrons. The van der Waals surface area contributed by atoms with Gasteiger partial charge >= 0.3 is 66.4 Å². The summed E-state index contributed by atoms with van der Waals surface area (Å²) in [7, 11) is 0. The molecule has 0 amide bonds. The molecule has 15 heavy (non-hydrogen) atoms. The van der Waals surface area contributed by atoms with Gasteiger partial charge in [-0.15, -0.1) is 0 Å². The van der Waals surface area contributed by atoms with Gasteiger partial charge in [-0.05, 0) is 12.1 Å². The van der Waals surface area contributed by atoms with Crippen LogP contribution in [0.15, 0.2) is 54.6 Å². The van der Waals surface area contributed by atoms with Crippen LogP contribution in [0.25, 0.3) is 0 Å². The van der Waals surface area contributed by atoms with E-state index in [0.717, 1.165) is 33.6 Å². The average Bonchev–Trinajstić information content (AvgIpc) is 2.25. The minimum Gasteiger partial charge on any atom is -0.508 e. The van der Waals surface area contributed by atoms with Gasteiger partial charge in [0.2, 0.25) is 0 Å². The Kier molecular flexibility index (Phi) is 5.26. The van der Waals surface area contributed by atoms with Crippen molar-refractivity contribution < 1.29 is 5.11 Å². The van der Waals surface area contributed by atoms with E-state index in [-0.39, 0.29) is 0 Å². The maximum atomic E-state index is 8.63. The molecule has 2 nitrogen and oxygen atoms in total. The molecule has 0 aliphatic rings. The smallest absolute Gasteiger partial charge is 0.115 e. The predicted octanol–water partition coefficient (Wildman–Crippen LogP) is 1.45. The number of phenols is 1. The van der Waals surface area contributed by atoms with Crippen LogP contribution in [-0.4, -0.2) is 33.0 Å². The Bertz CT molecular complexity index is 365. The minimum absolute atomic E-state index is 0.322. The molecule has 0 saturated carbocycles. The van der Waals surface area contributed by atoms with E-state index >= 15 is 0 Å². The van der Waals surface area contributed by atoms with Crippen molar-refractivity contribution in [2.24, 2.45) is 0 Å². The molecular formula is C12H12NNaO. The summed E-state index contributed by atoms with van der Waals surface area (Å²) >= 11 is 1.12. The maximum Gasteiger partial charge on any atom is 0.115 e. The molecule has 0 aliphatic heterocycles. The first-order valence-corrected chi connectivity index (χ1v) is 5.74. The summed E-state index contributed by atoms with van der Waals surface area (Å²) in [6.45, 7) is 0. The summed E-state index contributed by atoms with van der Waals surface area (Å²) in [4.78, 5) is 0. The van der Waals surface area contributed by atoms with Gasteiger partial charge in [0.1, 0.15) is 5.75 Å². The minimum atomic E-state index is 0.322. The van der Waals surface area contributed by atoms with E-state index in [4.69, 9.17) is 10.8 Å². The molecule has 2 rings (SSSR count). The predicted molar refractivity (Wildman–Crippen MR) is 64.3 cm³/mol. The first-order chi connectivity index (χ1) is 7.18. The number of benzene rings is 2. The zero-order valence-corrected chi connectivity index (χ0v) is 10.7. The van der Waals surface area contributed by atoms with Crippen molar-refractivity contribution in [1.29, 1.82) is 0 Å². The van der Waals surface area contributed by atoms with Gasteiger partial charge in [-0.25, -0.2) is 0 Å². The third-order valence-corrected chi connectivity index (χ3v) is 2.50. The standard InChI is InChI=1S/C6H6N.C6H6O.Na/c2*7-6-4-2-1-3-5-6;/h2-5H,7H2;1-5,7H;. The Labute approximate surface area is 107 Å². The Morgan fingerprint density at radius 1 is 0.867 bits per heavy atom. The normalized spacial score (nSPS) is 8.93. The van der Waals surface area contributed by atoms with Crippen LogP contribution in [0.4, 0.5) is 5.69 Å². The number of nitrogen functional groups attached to an aromatic ring is 1. The number of hydrogen-bond acceptors (Lipinski definition) is 2. The summed E-state index contributed by atoms with van der Waals surface area (Å²) in [6, 6.07) is 16.7. The second kappa shape index (κ2) is 6.51. The van der Waals surface area contributed by atoms with Crippen molar-refractivity contribution in [3.63, 3.8) is 0 Å². The fraction of sp³-hybridized carbons (Fsp3) is 0. The number of aromatic hydroxyl groups is 1. The van der Waals surface area contributed by atoms with Crippen molar-refractivity contribution in [1.82, 2.24) is 0 Å². The van der Waals surface area contributed by atoms with Gasteiger partial charge in [-0.1, -0.05) is 18.2 Å². The van der Waals surface area contributed by atoms with Gasteiger partial charge in [0, 0.05) is 0 Å². The Hall–Kier alpha value is -0.960. The van der Waals surface area contributed by atoms with Gasteiger partial charge in [-0.3, -0.25) is 0 Å². The monoisotopic (exact) mass is 209 g/mol. The van der Waals surface area contributed by atoms with E-state index in [1.165, 1.54) is 2.81 Å². The molecule has 3 heteroatoms. The van der Waals surface area contributed by atoms with Crippen LogP contribution in [0, 0.1) is 0 Å². The Morgan fingerprint density at radius 2 is 1.40 bits per heavy atom. The summed E-state index contributed by atoms with van der Waals surface area (Å²) in [5.74, 6) is 0.322. The second-order valence-corrected chi connectivity index (χ2v) is 4.40. The summed E-state index contributed by atoms with van der Waals surface area (Å²) in [5, 5.41) is 8.63. The van der Waals surface area contributed by atoms with E-state index in [1.807, 2.05) is 18.2 Å². The van der Waals surface area contributed by atoms with Crippen LogP contribution < -0.4 is 8.55 Å². The molecule has 0 heterocycles. The van der Waals surface area contributed by atoms with Gasteiger partial charge < -0.3 is 5.11 Å². The number of nitrogens with two attached hydrogens (primary N) is 1. The third-order valence-electron chi connectivity index (χ3n) is 1.83. The summed E-state index contributed by atoms with van der Waals surface area (Å²) < 4.78 is 1.39. The van der Waals surface area contributed by atoms with Crippen molar-refractivity contribution in [3.8, 4) is 5.75 Å². The zero-order chi connectivity index (χ0) is 11.1. The SMILES string of the molecule is Nc1cc[c]([Na])cc1.Oc1ccccc1. The molecule has 3 N–H and O–H groups in total. The Balaban J connectivity index is 0.000000151. The molecule has 0 fully saturated rings. The van der Waals surface area contributed by atoms with Crippen LogP contribution in [0.1, 0.15) is 0 Å². The molecule has 2 aromatic carbocycles.